The minimum atomic E-state index is 0.766. The summed E-state index contributed by atoms with van der Waals surface area (Å²) in [6, 6.07) is 6.09. The number of benzene rings is 1. The SMILES string of the molecule is COc1ccc(Br)cc1CSCCCN. The molecule has 4 heteroatoms. The van der Waals surface area contributed by atoms with E-state index in [1.807, 2.05) is 23.9 Å². The molecule has 1 aromatic carbocycles. The van der Waals surface area contributed by atoms with Gasteiger partial charge in [-0.2, -0.15) is 11.8 Å². The zero-order chi connectivity index (χ0) is 11.1. The first-order valence-electron chi connectivity index (χ1n) is 4.88. The highest BCUT2D eigenvalue weighted by atomic mass is 79.9. The smallest absolute Gasteiger partial charge is 0.122 e. The average molecular weight is 290 g/mol. The molecular formula is C11H16BrNOS. The van der Waals surface area contributed by atoms with Crippen LogP contribution in [0.2, 0.25) is 0 Å². The second-order valence-electron chi connectivity index (χ2n) is 3.15. The van der Waals surface area contributed by atoms with Crippen molar-refractivity contribution in [3.8, 4) is 5.75 Å². The lowest BCUT2D eigenvalue weighted by Crippen LogP contribution is -1.99. The van der Waals surface area contributed by atoms with Crippen LogP contribution in [-0.2, 0) is 5.75 Å². The molecule has 84 valence electrons. The van der Waals surface area contributed by atoms with Crippen LogP contribution in [0.15, 0.2) is 22.7 Å². The van der Waals surface area contributed by atoms with Gasteiger partial charge in [0.2, 0.25) is 0 Å². The first-order valence-corrected chi connectivity index (χ1v) is 6.83. The van der Waals surface area contributed by atoms with Crippen LogP contribution >= 0.6 is 27.7 Å². The summed E-state index contributed by atoms with van der Waals surface area (Å²) in [4.78, 5) is 0. The molecule has 0 spiro atoms. The van der Waals surface area contributed by atoms with E-state index in [2.05, 4.69) is 22.0 Å². The van der Waals surface area contributed by atoms with Crippen molar-refractivity contribution in [3.05, 3.63) is 28.2 Å². The topological polar surface area (TPSA) is 35.2 Å². The second kappa shape index (κ2) is 7.14. The third kappa shape index (κ3) is 4.45. The largest absolute Gasteiger partial charge is 0.496 e. The fourth-order valence-electron chi connectivity index (χ4n) is 1.23. The van der Waals surface area contributed by atoms with Gasteiger partial charge in [0, 0.05) is 15.8 Å². The molecule has 0 aliphatic carbocycles. The molecule has 1 rings (SSSR count). The van der Waals surface area contributed by atoms with Gasteiger partial charge in [-0.05, 0) is 36.9 Å². The Hall–Kier alpha value is -0.190. The quantitative estimate of drug-likeness (QED) is 0.818. The molecule has 2 N–H and O–H groups in total. The van der Waals surface area contributed by atoms with E-state index in [0.29, 0.717) is 0 Å². The van der Waals surface area contributed by atoms with Crippen molar-refractivity contribution in [1.82, 2.24) is 0 Å². The van der Waals surface area contributed by atoms with Gasteiger partial charge in [-0.1, -0.05) is 15.9 Å². The Kier molecular flexibility index (Phi) is 6.13. The maximum Gasteiger partial charge on any atom is 0.122 e. The lowest BCUT2D eigenvalue weighted by molar-refractivity contribution is 0.411. The summed E-state index contributed by atoms with van der Waals surface area (Å²) in [6.07, 6.45) is 1.07. The zero-order valence-corrected chi connectivity index (χ0v) is 11.2. The number of ether oxygens (including phenoxy) is 1. The Morgan fingerprint density at radius 2 is 2.27 bits per heavy atom. The Balaban J connectivity index is 2.54. The molecular weight excluding hydrogens is 274 g/mol. The van der Waals surface area contributed by atoms with E-state index in [1.165, 1.54) is 5.56 Å². The molecule has 0 unspecified atom stereocenters. The molecule has 0 heterocycles. The van der Waals surface area contributed by atoms with Crippen molar-refractivity contribution >= 4 is 27.7 Å². The van der Waals surface area contributed by atoms with Crippen LogP contribution in [0.4, 0.5) is 0 Å². The summed E-state index contributed by atoms with van der Waals surface area (Å²) in [5, 5.41) is 0. The monoisotopic (exact) mass is 289 g/mol. The Morgan fingerprint density at radius 1 is 1.47 bits per heavy atom. The summed E-state index contributed by atoms with van der Waals surface area (Å²) in [6.45, 7) is 0.766. The lowest BCUT2D eigenvalue weighted by atomic mass is 10.2. The van der Waals surface area contributed by atoms with E-state index in [-0.39, 0.29) is 0 Å². The predicted octanol–water partition coefficient (Wildman–Crippen LogP) is 3.04. The Bertz CT molecular complexity index is 307. The number of hydrogen-bond acceptors (Lipinski definition) is 3. The van der Waals surface area contributed by atoms with Gasteiger partial charge in [-0.3, -0.25) is 0 Å². The number of halogens is 1. The second-order valence-corrected chi connectivity index (χ2v) is 5.17. The van der Waals surface area contributed by atoms with Crippen molar-refractivity contribution < 1.29 is 4.74 Å². The predicted molar refractivity (Wildman–Crippen MR) is 70.5 cm³/mol. The molecule has 15 heavy (non-hydrogen) atoms. The highest BCUT2D eigenvalue weighted by Crippen LogP contribution is 2.26. The van der Waals surface area contributed by atoms with Gasteiger partial charge in [-0.25, -0.2) is 0 Å². The van der Waals surface area contributed by atoms with Gasteiger partial charge in [0.1, 0.15) is 5.75 Å². The van der Waals surface area contributed by atoms with Gasteiger partial charge in [0.15, 0.2) is 0 Å². The van der Waals surface area contributed by atoms with E-state index in [0.717, 1.165) is 34.7 Å². The summed E-state index contributed by atoms with van der Waals surface area (Å²) in [5.74, 6) is 3.04. The maximum absolute atomic E-state index is 5.44. The van der Waals surface area contributed by atoms with E-state index >= 15 is 0 Å². The van der Waals surface area contributed by atoms with Gasteiger partial charge in [-0.15, -0.1) is 0 Å². The number of methoxy groups -OCH3 is 1. The number of thioether (sulfide) groups is 1. The van der Waals surface area contributed by atoms with Crippen molar-refractivity contribution in [3.63, 3.8) is 0 Å². The molecule has 0 saturated heterocycles. The molecule has 2 nitrogen and oxygen atoms in total. The first-order chi connectivity index (χ1) is 7.27. The first kappa shape index (κ1) is 12.9. The van der Waals surface area contributed by atoms with E-state index in [4.69, 9.17) is 10.5 Å². The zero-order valence-electron chi connectivity index (χ0n) is 8.83. The van der Waals surface area contributed by atoms with Crippen molar-refractivity contribution in [2.45, 2.75) is 12.2 Å². The molecule has 0 saturated carbocycles. The molecule has 0 bridgehead atoms. The van der Waals surface area contributed by atoms with Crippen molar-refractivity contribution in [1.29, 1.82) is 0 Å². The number of rotatable bonds is 6. The van der Waals surface area contributed by atoms with Gasteiger partial charge >= 0.3 is 0 Å². The third-order valence-corrected chi connectivity index (χ3v) is 3.58. The fourth-order valence-corrected chi connectivity index (χ4v) is 2.60. The van der Waals surface area contributed by atoms with Crippen molar-refractivity contribution in [2.24, 2.45) is 5.73 Å². The fraction of sp³-hybridized carbons (Fsp3) is 0.455. The number of hydrogen-bond donors (Lipinski definition) is 1. The van der Waals surface area contributed by atoms with Crippen LogP contribution in [0.3, 0.4) is 0 Å². The highest BCUT2D eigenvalue weighted by molar-refractivity contribution is 9.10. The molecule has 1 aromatic rings. The molecule has 0 aliphatic heterocycles. The van der Waals surface area contributed by atoms with Crippen LogP contribution in [0.25, 0.3) is 0 Å². The Morgan fingerprint density at radius 3 is 2.93 bits per heavy atom. The van der Waals surface area contributed by atoms with Gasteiger partial charge in [0.25, 0.3) is 0 Å². The average Bonchev–Trinajstić information content (AvgIpc) is 2.25. The summed E-state index contributed by atoms with van der Waals surface area (Å²) >= 11 is 5.35. The van der Waals surface area contributed by atoms with Crippen LogP contribution in [-0.4, -0.2) is 19.4 Å². The van der Waals surface area contributed by atoms with E-state index in [9.17, 15) is 0 Å². The molecule has 0 atom stereocenters. The normalized spacial score (nSPS) is 10.3. The molecule has 0 fully saturated rings. The van der Waals surface area contributed by atoms with E-state index in [1.54, 1.807) is 7.11 Å². The summed E-state index contributed by atoms with van der Waals surface area (Å²) in [5.41, 5.74) is 6.67. The highest BCUT2D eigenvalue weighted by Gasteiger charge is 2.03. The minimum absolute atomic E-state index is 0.766. The van der Waals surface area contributed by atoms with Crippen molar-refractivity contribution in [2.75, 3.05) is 19.4 Å². The molecule has 0 amide bonds. The van der Waals surface area contributed by atoms with Gasteiger partial charge < -0.3 is 10.5 Å². The lowest BCUT2D eigenvalue weighted by Gasteiger charge is -2.08. The molecule has 0 radical (unpaired) electrons. The Labute approximate surface area is 104 Å². The molecule has 0 aromatic heterocycles. The summed E-state index contributed by atoms with van der Waals surface area (Å²) < 4.78 is 6.39. The summed E-state index contributed by atoms with van der Waals surface area (Å²) in [7, 11) is 1.71. The van der Waals surface area contributed by atoms with Crippen LogP contribution in [0.5, 0.6) is 5.75 Å². The minimum Gasteiger partial charge on any atom is -0.496 e. The maximum atomic E-state index is 5.44. The number of nitrogens with two attached hydrogens (primary N) is 1. The standard InChI is InChI=1S/C11H16BrNOS/c1-14-11-4-3-10(12)7-9(11)8-15-6-2-5-13/h3-4,7H,2,5-6,8,13H2,1H3. The van der Waals surface area contributed by atoms with Crippen LogP contribution in [0, 0.1) is 0 Å². The van der Waals surface area contributed by atoms with Crippen LogP contribution in [0.1, 0.15) is 12.0 Å². The van der Waals surface area contributed by atoms with Gasteiger partial charge in [0.05, 0.1) is 7.11 Å². The molecule has 0 aliphatic rings. The third-order valence-electron chi connectivity index (χ3n) is 1.99. The van der Waals surface area contributed by atoms with E-state index < -0.39 is 0 Å². The van der Waals surface area contributed by atoms with Crippen LogP contribution < -0.4 is 10.5 Å².